The first-order valence-electron chi connectivity index (χ1n) is 5.18. The Bertz CT molecular complexity index is 562. The molecule has 0 unspecified atom stereocenters. The van der Waals surface area contributed by atoms with Crippen LogP contribution in [0, 0.1) is 11.8 Å². The molecule has 1 nitrogen and oxygen atoms in total. The zero-order valence-corrected chi connectivity index (χ0v) is 12.1. The topological polar surface area (TPSA) is 3.24 Å². The minimum atomic E-state index is 1.04. The summed E-state index contributed by atoms with van der Waals surface area (Å²) in [5, 5.41) is 4.10. The first-order chi connectivity index (χ1) is 8.16. The first-order valence-corrected chi connectivity index (χ1v) is 6.91. The molecule has 86 valence electrons. The summed E-state index contributed by atoms with van der Waals surface area (Å²) in [7, 11) is 4.05. The smallest absolute Gasteiger partial charge is 0.0521 e. The van der Waals surface area contributed by atoms with Gasteiger partial charge in [0.1, 0.15) is 0 Å². The summed E-state index contributed by atoms with van der Waals surface area (Å²) in [6.45, 7) is 0. The standard InChI is InChI=1S/C14H12BrNS/c1-16(2)14-6-5-13(15)9-12(14)4-3-11-7-8-17-10-11/h5-10H,1-2H3. The highest BCUT2D eigenvalue weighted by atomic mass is 79.9. The normalized spacial score (nSPS) is 9.59. The minimum absolute atomic E-state index is 1.04. The van der Waals surface area contributed by atoms with E-state index in [1.165, 1.54) is 0 Å². The molecule has 0 saturated carbocycles. The van der Waals surface area contributed by atoms with Gasteiger partial charge in [-0.1, -0.05) is 27.8 Å². The molecular formula is C14H12BrNS. The molecule has 2 aromatic rings. The Hall–Kier alpha value is -1.24. The molecule has 0 N–H and O–H groups in total. The second-order valence-electron chi connectivity index (χ2n) is 3.82. The van der Waals surface area contributed by atoms with E-state index in [0.717, 1.165) is 21.3 Å². The highest BCUT2D eigenvalue weighted by molar-refractivity contribution is 9.10. The van der Waals surface area contributed by atoms with Crippen molar-refractivity contribution in [1.82, 2.24) is 0 Å². The Kier molecular flexibility index (Phi) is 3.88. The third-order valence-corrected chi connectivity index (χ3v) is 3.48. The van der Waals surface area contributed by atoms with Gasteiger partial charge in [0.15, 0.2) is 0 Å². The molecule has 0 aliphatic carbocycles. The van der Waals surface area contributed by atoms with E-state index in [1.807, 2.05) is 31.6 Å². The fourth-order valence-electron chi connectivity index (χ4n) is 1.47. The van der Waals surface area contributed by atoms with Gasteiger partial charge in [-0.2, -0.15) is 11.3 Å². The molecule has 0 bridgehead atoms. The number of anilines is 1. The van der Waals surface area contributed by atoms with E-state index >= 15 is 0 Å². The average molecular weight is 306 g/mol. The molecule has 1 aromatic carbocycles. The number of thiophene rings is 1. The van der Waals surface area contributed by atoms with Gasteiger partial charge >= 0.3 is 0 Å². The van der Waals surface area contributed by atoms with E-state index in [1.54, 1.807) is 11.3 Å². The lowest BCUT2D eigenvalue weighted by molar-refractivity contribution is 1.13. The van der Waals surface area contributed by atoms with Crippen LogP contribution in [0.3, 0.4) is 0 Å². The van der Waals surface area contributed by atoms with Crippen LogP contribution in [0.15, 0.2) is 39.5 Å². The number of hydrogen-bond acceptors (Lipinski definition) is 2. The summed E-state index contributed by atoms with van der Waals surface area (Å²) in [5.74, 6) is 6.40. The summed E-state index contributed by atoms with van der Waals surface area (Å²) in [6, 6.07) is 8.19. The van der Waals surface area contributed by atoms with Gasteiger partial charge < -0.3 is 4.90 Å². The lowest BCUT2D eigenvalue weighted by Gasteiger charge is -2.14. The zero-order chi connectivity index (χ0) is 12.3. The maximum atomic E-state index is 3.48. The lowest BCUT2D eigenvalue weighted by atomic mass is 10.1. The van der Waals surface area contributed by atoms with Gasteiger partial charge in [0.25, 0.3) is 0 Å². The highest BCUT2D eigenvalue weighted by Gasteiger charge is 2.02. The third kappa shape index (κ3) is 3.12. The van der Waals surface area contributed by atoms with E-state index < -0.39 is 0 Å². The summed E-state index contributed by atoms with van der Waals surface area (Å²) in [6.07, 6.45) is 0. The van der Waals surface area contributed by atoms with Gasteiger partial charge in [-0.3, -0.25) is 0 Å². The molecular weight excluding hydrogens is 294 g/mol. The Balaban J connectivity index is 2.40. The Morgan fingerprint density at radius 1 is 1.18 bits per heavy atom. The molecule has 1 aromatic heterocycles. The Morgan fingerprint density at radius 3 is 2.65 bits per heavy atom. The fourth-order valence-corrected chi connectivity index (χ4v) is 2.42. The van der Waals surface area contributed by atoms with Crippen molar-refractivity contribution in [3.05, 3.63) is 50.6 Å². The van der Waals surface area contributed by atoms with Crippen LogP contribution in [0.1, 0.15) is 11.1 Å². The van der Waals surface area contributed by atoms with Crippen LogP contribution in [0.4, 0.5) is 5.69 Å². The Labute approximate surface area is 114 Å². The quantitative estimate of drug-likeness (QED) is 0.720. The predicted octanol–water partition coefficient (Wildman–Crippen LogP) is 3.98. The van der Waals surface area contributed by atoms with Gasteiger partial charge in [-0.25, -0.2) is 0 Å². The molecule has 0 aliphatic heterocycles. The van der Waals surface area contributed by atoms with E-state index in [4.69, 9.17) is 0 Å². The van der Waals surface area contributed by atoms with Crippen molar-refractivity contribution in [3.63, 3.8) is 0 Å². The van der Waals surface area contributed by atoms with Crippen molar-refractivity contribution in [2.45, 2.75) is 0 Å². The van der Waals surface area contributed by atoms with Crippen LogP contribution in [0.25, 0.3) is 0 Å². The second-order valence-corrected chi connectivity index (χ2v) is 5.51. The van der Waals surface area contributed by atoms with E-state index in [2.05, 4.69) is 50.2 Å². The number of benzene rings is 1. The SMILES string of the molecule is CN(C)c1ccc(Br)cc1C#Cc1ccsc1. The second kappa shape index (κ2) is 5.39. The number of nitrogens with zero attached hydrogens (tertiary/aromatic N) is 1. The van der Waals surface area contributed by atoms with Crippen molar-refractivity contribution < 1.29 is 0 Å². The van der Waals surface area contributed by atoms with Crippen LogP contribution in [0.5, 0.6) is 0 Å². The van der Waals surface area contributed by atoms with Crippen molar-refractivity contribution in [2.24, 2.45) is 0 Å². The minimum Gasteiger partial charge on any atom is -0.377 e. The zero-order valence-electron chi connectivity index (χ0n) is 9.70. The average Bonchev–Trinajstić information content (AvgIpc) is 2.78. The van der Waals surface area contributed by atoms with Crippen molar-refractivity contribution in [1.29, 1.82) is 0 Å². The van der Waals surface area contributed by atoms with Crippen LogP contribution in [-0.2, 0) is 0 Å². The summed E-state index contributed by atoms with van der Waals surface area (Å²) < 4.78 is 1.05. The number of hydrogen-bond donors (Lipinski definition) is 0. The van der Waals surface area contributed by atoms with Crippen LogP contribution < -0.4 is 4.90 Å². The van der Waals surface area contributed by atoms with Crippen molar-refractivity contribution >= 4 is 33.0 Å². The fraction of sp³-hybridized carbons (Fsp3) is 0.143. The Morgan fingerprint density at radius 2 is 2.00 bits per heavy atom. The molecule has 17 heavy (non-hydrogen) atoms. The molecule has 0 spiro atoms. The molecule has 3 heteroatoms. The van der Waals surface area contributed by atoms with E-state index in [0.29, 0.717) is 0 Å². The third-order valence-electron chi connectivity index (χ3n) is 2.30. The summed E-state index contributed by atoms with van der Waals surface area (Å²) in [4.78, 5) is 2.07. The van der Waals surface area contributed by atoms with Gasteiger partial charge in [0.05, 0.1) is 5.69 Å². The maximum Gasteiger partial charge on any atom is 0.0521 e. The number of halogens is 1. The van der Waals surface area contributed by atoms with Crippen molar-refractivity contribution in [3.8, 4) is 11.8 Å². The van der Waals surface area contributed by atoms with Crippen LogP contribution >= 0.6 is 27.3 Å². The van der Waals surface area contributed by atoms with Gasteiger partial charge in [-0.15, -0.1) is 0 Å². The maximum absolute atomic E-state index is 3.48. The lowest BCUT2D eigenvalue weighted by Crippen LogP contribution is -2.10. The molecule has 0 saturated heterocycles. The summed E-state index contributed by atoms with van der Waals surface area (Å²) >= 11 is 5.15. The number of rotatable bonds is 1. The molecule has 1 heterocycles. The molecule has 2 rings (SSSR count). The van der Waals surface area contributed by atoms with Crippen molar-refractivity contribution in [2.75, 3.05) is 19.0 Å². The molecule has 0 aliphatic rings. The molecule has 0 radical (unpaired) electrons. The van der Waals surface area contributed by atoms with Gasteiger partial charge in [0.2, 0.25) is 0 Å². The monoisotopic (exact) mass is 305 g/mol. The molecule has 0 amide bonds. The van der Waals surface area contributed by atoms with E-state index in [-0.39, 0.29) is 0 Å². The molecule has 0 atom stereocenters. The highest BCUT2D eigenvalue weighted by Crippen LogP contribution is 2.22. The van der Waals surface area contributed by atoms with Gasteiger partial charge in [-0.05, 0) is 29.6 Å². The van der Waals surface area contributed by atoms with Crippen LogP contribution in [0.2, 0.25) is 0 Å². The molecule has 0 fully saturated rings. The van der Waals surface area contributed by atoms with Crippen LogP contribution in [-0.4, -0.2) is 14.1 Å². The largest absolute Gasteiger partial charge is 0.377 e. The first kappa shape index (κ1) is 12.2. The van der Waals surface area contributed by atoms with E-state index in [9.17, 15) is 0 Å². The van der Waals surface area contributed by atoms with Gasteiger partial charge in [0, 0.05) is 35.1 Å². The predicted molar refractivity (Wildman–Crippen MR) is 78.8 cm³/mol. The summed E-state index contributed by atoms with van der Waals surface area (Å²) in [5.41, 5.74) is 3.24.